The first-order chi connectivity index (χ1) is 20.3. The summed E-state index contributed by atoms with van der Waals surface area (Å²) in [5.41, 5.74) is 3.79. The van der Waals surface area contributed by atoms with Crippen LogP contribution >= 0.6 is 0 Å². The number of Topliss-reactive ketones (excluding diaryl/α,β-unsaturated/α-hetero) is 1. The van der Waals surface area contributed by atoms with E-state index in [1.165, 1.54) is 17.2 Å². The smallest absolute Gasteiger partial charge is 0.319 e. The summed E-state index contributed by atoms with van der Waals surface area (Å²) in [7, 11) is 2.10. The van der Waals surface area contributed by atoms with Crippen LogP contribution in [0.3, 0.4) is 0 Å². The van der Waals surface area contributed by atoms with Crippen LogP contribution < -0.4 is 9.64 Å². The molecule has 2 aromatic rings. The van der Waals surface area contributed by atoms with Crippen molar-refractivity contribution in [1.29, 1.82) is 5.26 Å². The number of aromatic nitrogens is 2. The van der Waals surface area contributed by atoms with Crippen molar-refractivity contribution < 1.29 is 14.3 Å². The molecule has 5 rings (SSSR count). The Bertz CT molecular complexity index is 1370. The van der Waals surface area contributed by atoms with Gasteiger partial charge in [0.25, 0.3) is 0 Å². The number of hydrogen-bond acceptors (Lipinski definition) is 8. The van der Waals surface area contributed by atoms with Gasteiger partial charge in [-0.25, -0.2) is 0 Å². The van der Waals surface area contributed by atoms with Crippen molar-refractivity contribution in [2.75, 3.05) is 44.7 Å². The maximum absolute atomic E-state index is 14.1. The normalized spacial score (nSPS) is 22.6. The molecule has 9 nitrogen and oxygen atoms in total. The van der Waals surface area contributed by atoms with Gasteiger partial charge in [-0.1, -0.05) is 44.7 Å². The quantitative estimate of drug-likeness (QED) is 0.414. The fraction of sp³-hybridized carbons (Fsp3) is 0.545. The van der Waals surface area contributed by atoms with Crippen LogP contribution in [0.1, 0.15) is 72.6 Å². The zero-order valence-electron chi connectivity index (χ0n) is 25.1. The van der Waals surface area contributed by atoms with Crippen LogP contribution in [0.15, 0.2) is 36.9 Å². The lowest BCUT2D eigenvalue weighted by atomic mass is 9.80. The summed E-state index contributed by atoms with van der Waals surface area (Å²) in [4.78, 5) is 42.3. The van der Waals surface area contributed by atoms with Crippen molar-refractivity contribution in [3.05, 3.63) is 59.3 Å². The van der Waals surface area contributed by atoms with Crippen molar-refractivity contribution >= 4 is 17.5 Å². The fourth-order valence-corrected chi connectivity index (χ4v) is 6.69. The van der Waals surface area contributed by atoms with Gasteiger partial charge < -0.3 is 19.4 Å². The summed E-state index contributed by atoms with van der Waals surface area (Å²) >= 11 is 0. The number of piperazine rings is 1. The molecule has 0 saturated carbocycles. The molecule has 9 heteroatoms. The number of fused-ring (bicyclic) bond motifs is 1. The zero-order valence-corrected chi connectivity index (χ0v) is 25.1. The number of ether oxygens (including phenoxy) is 1. The number of nitrogens with zero attached hydrogens (tertiary/aromatic N) is 6. The molecule has 3 unspecified atom stereocenters. The number of carbonyl (C=O) groups excluding carboxylic acids is 2. The van der Waals surface area contributed by atoms with Gasteiger partial charge in [0.2, 0.25) is 5.91 Å². The lowest BCUT2D eigenvalue weighted by molar-refractivity contribution is -0.128. The standard InChI is InChI=1S/C33H42N6O3/c1-5-29(40)39-18-17-38(20-25(39)14-15-34)32-28-13-12-24(19-23-9-6-7-11-27(23)22(2)3)31(41)30(28)35-33(36-32)42-21-26-10-8-16-37(26)4/h5-7,9,11,22,24-26H,1,8,10,12-14,16-21H2,2-4H3. The predicted molar refractivity (Wildman–Crippen MR) is 162 cm³/mol. The maximum atomic E-state index is 14.1. The number of ketones is 1. The highest BCUT2D eigenvalue weighted by Gasteiger charge is 2.37. The number of likely N-dealkylation sites (N-methyl/N-ethyl adjacent to an activating group) is 1. The molecule has 0 spiro atoms. The topological polar surface area (TPSA) is 103 Å². The van der Waals surface area contributed by atoms with Crippen molar-refractivity contribution in [3.8, 4) is 12.1 Å². The van der Waals surface area contributed by atoms with Gasteiger partial charge in [0.15, 0.2) is 5.78 Å². The third-order valence-corrected chi connectivity index (χ3v) is 9.10. The molecular weight excluding hydrogens is 528 g/mol. The van der Waals surface area contributed by atoms with E-state index in [9.17, 15) is 14.9 Å². The molecule has 42 heavy (non-hydrogen) atoms. The number of nitriles is 1. The Kier molecular flexibility index (Phi) is 9.22. The number of rotatable bonds is 9. The molecule has 0 radical (unpaired) electrons. The molecule has 1 amide bonds. The van der Waals surface area contributed by atoms with Gasteiger partial charge in [0.05, 0.1) is 18.5 Å². The monoisotopic (exact) mass is 570 g/mol. The Hall–Kier alpha value is -3.77. The minimum Gasteiger partial charge on any atom is -0.462 e. The second-order valence-electron chi connectivity index (χ2n) is 12.1. The van der Waals surface area contributed by atoms with E-state index in [1.54, 1.807) is 4.90 Å². The van der Waals surface area contributed by atoms with E-state index in [0.717, 1.165) is 31.4 Å². The summed E-state index contributed by atoms with van der Waals surface area (Å²) in [6, 6.07) is 10.8. The molecule has 2 fully saturated rings. The molecule has 0 N–H and O–H groups in total. The van der Waals surface area contributed by atoms with E-state index in [1.807, 2.05) is 6.07 Å². The highest BCUT2D eigenvalue weighted by Crippen LogP contribution is 2.36. The van der Waals surface area contributed by atoms with Crippen molar-refractivity contribution in [2.24, 2.45) is 5.92 Å². The number of benzene rings is 1. The molecular formula is C33H42N6O3. The molecule has 3 heterocycles. The van der Waals surface area contributed by atoms with Gasteiger partial charge in [0, 0.05) is 37.2 Å². The SMILES string of the molecule is C=CC(=O)N1CCN(c2nc(OCC3CCCN3C)nc3c2CCC(Cc2ccccc2C(C)C)C3=O)CC1CC#N. The summed E-state index contributed by atoms with van der Waals surface area (Å²) in [5.74, 6) is 0.766. The Balaban J connectivity index is 1.46. The summed E-state index contributed by atoms with van der Waals surface area (Å²) in [5, 5.41) is 9.49. The van der Waals surface area contributed by atoms with Gasteiger partial charge in [-0.05, 0) is 68.8 Å². The third kappa shape index (κ3) is 6.19. The summed E-state index contributed by atoms with van der Waals surface area (Å²) in [6.45, 7) is 10.9. The van der Waals surface area contributed by atoms with Crippen molar-refractivity contribution in [3.63, 3.8) is 0 Å². The number of hydrogen-bond donors (Lipinski definition) is 0. The van der Waals surface area contributed by atoms with E-state index in [2.05, 4.69) is 61.5 Å². The van der Waals surface area contributed by atoms with E-state index < -0.39 is 0 Å². The Labute approximate surface area is 249 Å². The first kappa shape index (κ1) is 29.7. The molecule has 222 valence electrons. The van der Waals surface area contributed by atoms with E-state index >= 15 is 0 Å². The van der Waals surface area contributed by atoms with Crippen LogP contribution in [0, 0.1) is 17.2 Å². The molecule has 1 aromatic heterocycles. The summed E-state index contributed by atoms with van der Waals surface area (Å²) in [6.07, 6.45) is 5.78. The van der Waals surface area contributed by atoms with Crippen LogP contribution in [0.25, 0.3) is 0 Å². The van der Waals surface area contributed by atoms with Crippen LogP contribution in [0.5, 0.6) is 6.01 Å². The van der Waals surface area contributed by atoms with Gasteiger partial charge in [0.1, 0.15) is 18.1 Å². The number of amides is 1. The minimum atomic E-state index is -0.295. The second-order valence-corrected chi connectivity index (χ2v) is 12.1. The van der Waals surface area contributed by atoms with Crippen LogP contribution in [0.4, 0.5) is 5.82 Å². The van der Waals surface area contributed by atoms with Gasteiger partial charge in [-0.2, -0.15) is 15.2 Å². The van der Waals surface area contributed by atoms with Gasteiger partial charge in [-0.3, -0.25) is 9.59 Å². The maximum Gasteiger partial charge on any atom is 0.319 e. The zero-order chi connectivity index (χ0) is 29.8. The molecule has 1 aliphatic carbocycles. The van der Waals surface area contributed by atoms with Gasteiger partial charge >= 0.3 is 6.01 Å². The minimum absolute atomic E-state index is 0.0374. The molecule has 3 atom stereocenters. The third-order valence-electron chi connectivity index (χ3n) is 9.10. The van der Waals surface area contributed by atoms with Crippen molar-refractivity contribution in [2.45, 2.75) is 70.4 Å². The molecule has 2 aliphatic heterocycles. The van der Waals surface area contributed by atoms with Gasteiger partial charge in [-0.15, -0.1) is 0 Å². The molecule has 2 saturated heterocycles. The Morgan fingerprint density at radius 2 is 2.00 bits per heavy atom. The molecule has 0 bridgehead atoms. The molecule has 1 aromatic carbocycles. The van der Waals surface area contributed by atoms with E-state index in [-0.39, 0.29) is 42.1 Å². The number of anilines is 1. The molecule has 3 aliphatic rings. The average Bonchev–Trinajstić information content (AvgIpc) is 3.41. The average molecular weight is 571 g/mol. The first-order valence-electron chi connectivity index (χ1n) is 15.2. The van der Waals surface area contributed by atoms with Crippen LogP contribution in [0.2, 0.25) is 0 Å². The fourth-order valence-electron chi connectivity index (χ4n) is 6.69. The second kappa shape index (κ2) is 13.0. The highest BCUT2D eigenvalue weighted by molar-refractivity contribution is 5.99. The Morgan fingerprint density at radius 3 is 2.71 bits per heavy atom. The van der Waals surface area contributed by atoms with E-state index in [0.29, 0.717) is 56.5 Å². The van der Waals surface area contributed by atoms with Crippen LogP contribution in [-0.4, -0.2) is 83.4 Å². The summed E-state index contributed by atoms with van der Waals surface area (Å²) < 4.78 is 6.19. The van der Waals surface area contributed by atoms with Crippen molar-refractivity contribution in [1.82, 2.24) is 19.8 Å². The lowest BCUT2D eigenvalue weighted by Gasteiger charge is -2.41. The highest BCUT2D eigenvalue weighted by atomic mass is 16.5. The first-order valence-corrected chi connectivity index (χ1v) is 15.2. The lowest BCUT2D eigenvalue weighted by Crippen LogP contribution is -2.55. The number of likely N-dealkylation sites (tertiary alicyclic amines) is 1. The predicted octanol–water partition coefficient (Wildman–Crippen LogP) is 4.18. The van der Waals surface area contributed by atoms with Crippen LogP contribution in [-0.2, 0) is 17.6 Å². The number of carbonyl (C=O) groups is 2. The van der Waals surface area contributed by atoms with E-state index in [4.69, 9.17) is 14.7 Å². The largest absolute Gasteiger partial charge is 0.462 e. The Morgan fingerprint density at radius 1 is 1.19 bits per heavy atom.